The van der Waals surface area contributed by atoms with E-state index in [2.05, 4.69) is 10.6 Å². The second kappa shape index (κ2) is 9.69. The van der Waals surface area contributed by atoms with Gasteiger partial charge in [0.05, 0.1) is 35.7 Å². The first-order valence-electron chi connectivity index (χ1n) is 8.45. The molecule has 2 amide bonds. The van der Waals surface area contributed by atoms with Crippen LogP contribution in [0.1, 0.15) is 17.0 Å². The fourth-order valence-electron chi connectivity index (χ4n) is 2.38. The number of nitrogens with one attached hydrogen (secondary N) is 2. The molecule has 0 bridgehead atoms. The third-order valence-electron chi connectivity index (χ3n) is 3.75. The predicted octanol–water partition coefficient (Wildman–Crippen LogP) is 5.90. The van der Waals surface area contributed by atoms with Gasteiger partial charge >= 0.3 is 0 Å². The Hall–Kier alpha value is -2.67. The third kappa shape index (κ3) is 5.67. The molecule has 0 aliphatic heterocycles. The number of anilines is 2. The molecule has 1 heterocycles. The molecule has 2 aromatic carbocycles. The summed E-state index contributed by atoms with van der Waals surface area (Å²) in [6.07, 6.45) is 1.44. The van der Waals surface area contributed by atoms with Gasteiger partial charge in [-0.25, -0.2) is 0 Å². The lowest BCUT2D eigenvalue weighted by atomic mass is 10.2. The maximum Gasteiger partial charge on any atom is 0.291 e. The van der Waals surface area contributed by atoms with Crippen LogP contribution in [0.2, 0.25) is 15.1 Å². The minimum Gasteiger partial charge on any atom is -0.491 e. The predicted molar refractivity (Wildman–Crippen MR) is 113 cm³/mol. The standard InChI is InChI=1S/C20H15Cl3N2O4/c21-12-6-7-14(15(11-12)25-20(27)17-5-2-9-28-17)24-18(26)8-10-29-16-4-1-3-13(22)19(16)23/h1-7,9,11H,8,10H2,(H,24,26)(H,25,27). The smallest absolute Gasteiger partial charge is 0.291 e. The highest BCUT2D eigenvalue weighted by Crippen LogP contribution is 2.31. The fraction of sp³-hybridized carbons (Fsp3) is 0.100. The molecule has 9 heteroatoms. The average Bonchev–Trinajstić information content (AvgIpc) is 3.22. The van der Waals surface area contributed by atoms with Crippen LogP contribution >= 0.6 is 34.8 Å². The molecule has 0 saturated carbocycles. The number of furan rings is 1. The zero-order valence-corrected chi connectivity index (χ0v) is 17.1. The van der Waals surface area contributed by atoms with Gasteiger partial charge in [0.25, 0.3) is 5.91 Å². The van der Waals surface area contributed by atoms with Crippen LogP contribution in [0.5, 0.6) is 5.75 Å². The third-order valence-corrected chi connectivity index (χ3v) is 4.79. The maximum atomic E-state index is 12.3. The molecule has 6 nitrogen and oxygen atoms in total. The van der Waals surface area contributed by atoms with Crippen molar-refractivity contribution < 1.29 is 18.7 Å². The topological polar surface area (TPSA) is 80.6 Å². The average molecular weight is 454 g/mol. The van der Waals surface area contributed by atoms with E-state index in [-0.39, 0.29) is 29.7 Å². The van der Waals surface area contributed by atoms with E-state index in [9.17, 15) is 9.59 Å². The molecule has 0 aliphatic carbocycles. The number of amides is 2. The molecule has 29 heavy (non-hydrogen) atoms. The number of benzene rings is 2. The fourth-order valence-corrected chi connectivity index (χ4v) is 2.90. The largest absolute Gasteiger partial charge is 0.491 e. The molecule has 1 aromatic heterocycles. The number of rotatable bonds is 7. The van der Waals surface area contributed by atoms with Gasteiger partial charge in [-0.05, 0) is 42.5 Å². The Morgan fingerprint density at radius 2 is 1.79 bits per heavy atom. The highest BCUT2D eigenvalue weighted by atomic mass is 35.5. The molecule has 3 rings (SSSR count). The van der Waals surface area contributed by atoms with Gasteiger partial charge in [-0.1, -0.05) is 40.9 Å². The van der Waals surface area contributed by atoms with Crippen molar-refractivity contribution in [1.82, 2.24) is 0 Å². The lowest BCUT2D eigenvalue weighted by molar-refractivity contribution is -0.116. The zero-order chi connectivity index (χ0) is 20.8. The SMILES string of the molecule is O=C(CCOc1cccc(Cl)c1Cl)Nc1ccc(Cl)cc1NC(=O)c1ccco1. The van der Waals surface area contributed by atoms with Crippen LogP contribution < -0.4 is 15.4 Å². The van der Waals surface area contributed by atoms with Gasteiger partial charge in [0.2, 0.25) is 5.91 Å². The lowest BCUT2D eigenvalue weighted by Crippen LogP contribution is -2.18. The summed E-state index contributed by atoms with van der Waals surface area (Å²) in [6, 6.07) is 12.8. The lowest BCUT2D eigenvalue weighted by Gasteiger charge is -2.13. The summed E-state index contributed by atoms with van der Waals surface area (Å²) in [4.78, 5) is 24.5. The Bertz CT molecular complexity index is 1020. The number of ether oxygens (including phenoxy) is 1. The summed E-state index contributed by atoms with van der Waals surface area (Å²) in [7, 11) is 0. The summed E-state index contributed by atoms with van der Waals surface area (Å²) in [5.41, 5.74) is 0.728. The van der Waals surface area contributed by atoms with E-state index in [0.29, 0.717) is 27.2 Å². The molecular weight excluding hydrogens is 439 g/mol. The van der Waals surface area contributed by atoms with Crippen molar-refractivity contribution in [3.8, 4) is 5.75 Å². The maximum absolute atomic E-state index is 12.3. The second-order valence-electron chi connectivity index (χ2n) is 5.82. The highest BCUT2D eigenvalue weighted by molar-refractivity contribution is 6.42. The second-order valence-corrected chi connectivity index (χ2v) is 7.04. The van der Waals surface area contributed by atoms with Crippen LogP contribution in [0.4, 0.5) is 11.4 Å². The van der Waals surface area contributed by atoms with Gasteiger partial charge in [0.15, 0.2) is 5.76 Å². The summed E-state index contributed by atoms with van der Waals surface area (Å²) < 4.78 is 10.6. The van der Waals surface area contributed by atoms with E-state index in [1.165, 1.54) is 18.4 Å². The van der Waals surface area contributed by atoms with E-state index >= 15 is 0 Å². The Labute approximate surface area is 181 Å². The first-order chi connectivity index (χ1) is 13.9. The van der Waals surface area contributed by atoms with Crippen molar-refractivity contribution in [2.75, 3.05) is 17.2 Å². The molecule has 0 unspecified atom stereocenters. The number of hydrogen-bond donors (Lipinski definition) is 2. The summed E-state index contributed by atoms with van der Waals surface area (Å²) in [6.45, 7) is 0.0908. The quantitative estimate of drug-likeness (QED) is 0.467. The van der Waals surface area contributed by atoms with Crippen molar-refractivity contribution in [3.63, 3.8) is 0 Å². The van der Waals surface area contributed by atoms with Crippen LogP contribution in [0.15, 0.2) is 59.2 Å². The van der Waals surface area contributed by atoms with Gasteiger partial charge in [-0.3, -0.25) is 9.59 Å². The van der Waals surface area contributed by atoms with Gasteiger partial charge in [0.1, 0.15) is 10.8 Å². The van der Waals surface area contributed by atoms with Gasteiger partial charge in [-0.15, -0.1) is 0 Å². The molecule has 0 fully saturated rings. The molecular formula is C20H15Cl3N2O4. The molecule has 0 radical (unpaired) electrons. The summed E-state index contributed by atoms with van der Waals surface area (Å²) in [5.74, 6) is -0.260. The molecule has 0 aliphatic rings. The van der Waals surface area contributed by atoms with E-state index in [1.54, 1.807) is 36.4 Å². The number of hydrogen-bond acceptors (Lipinski definition) is 4. The Morgan fingerprint density at radius 1 is 0.966 bits per heavy atom. The van der Waals surface area contributed by atoms with Crippen LogP contribution in [-0.2, 0) is 4.79 Å². The Morgan fingerprint density at radius 3 is 2.55 bits per heavy atom. The zero-order valence-electron chi connectivity index (χ0n) is 14.9. The first kappa shape index (κ1) is 21.0. The molecule has 0 spiro atoms. The normalized spacial score (nSPS) is 10.4. The minimum absolute atomic E-state index is 0.0526. The van der Waals surface area contributed by atoms with Crippen molar-refractivity contribution in [2.45, 2.75) is 6.42 Å². The van der Waals surface area contributed by atoms with E-state index < -0.39 is 5.91 Å². The molecule has 2 N–H and O–H groups in total. The van der Waals surface area contributed by atoms with Crippen molar-refractivity contribution in [1.29, 1.82) is 0 Å². The van der Waals surface area contributed by atoms with Gasteiger partial charge in [0, 0.05) is 5.02 Å². The van der Waals surface area contributed by atoms with E-state index in [1.807, 2.05) is 0 Å². The summed E-state index contributed by atoms with van der Waals surface area (Å²) in [5, 5.41) is 6.43. The van der Waals surface area contributed by atoms with E-state index in [4.69, 9.17) is 44.0 Å². The number of halogens is 3. The molecule has 150 valence electrons. The summed E-state index contributed by atoms with van der Waals surface area (Å²) >= 11 is 18.0. The Kier molecular flexibility index (Phi) is 7.04. The molecule has 0 saturated heterocycles. The number of carbonyl (C=O) groups is 2. The molecule has 3 aromatic rings. The monoisotopic (exact) mass is 452 g/mol. The van der Waals surface area contributed by atoms with Crippen LogP contribution in [0, 0.1) is 0 Å². The van der Waals surface area contributed by atoms with Crippen LogP contribution in [-0.4, -0.2) is 18.4 Å². The van der Waals surface area contributed by atoms with Crippen molar-refractivity contribution >= 4 is 58.0 Å². The minimum atomic E-state index is -0.466. The van der Waals surface area contributed by atoms with Gasteiger partial charge in [-0.2, -0.15) is 0 Å². The van der Waals surface area contributed by atoms with Crippen molar-refractivity contribution in [3.05, 3.63) is 75.6 Å². The molecule has 0 atom stereocenters. The first-order valence-corrected chi connectivity index (χ1v) is 9.58. The van der Waals surface area contributed by atoms with Crippen LogP contribution in [0.25, 0.3) is 0 Å². The van der Waals surface area contributed by atoms with E-state index in [0.717, 1.165) is 0 Å². The highest BCUT2D eigenvalue weighted by Gasteiger charge is 2.14. The number of carbonyl (C=O) groups excluding carboxylic acids is 2. The van der Waals surface area contributed by atoms with Crippen LogP contribution in [0.3, 0.4) is 0 Å². The van der Waals surface area contributed by atoms with Gasteiger partial charge < -0.3 is 19.8 Å². The van der Waals surface area contributed by atoms with Crippen molar-refractivity contribution in [2.24, 2.45) is 0 Å². The Balaban J connectivity index is 1.61.